The van der Waals surface area contributed by atoms with Crippen LogP contribution in [-0.4, -0.2) is 24.1 Å². The van der Waals surface area contributed by atoms with Gasteiger partial charge in [-0.2, -0.15) is 0 Å². The molecule has 1 aromatic carbocycles. The lowest BCUT2D eigenvalue weighted by Gasteiger charge is -2.32. The normalized spacial score (nSPS) is 23.4. The van der Waals surface area contributed by atoms with Crippen molar-refractivity contribution in [2.45, 2.75) is 51.7 Å². The fourth-order valence-corrected chi connectivity index (χ4v) is 2.42. The van der Waals surface area contributed by atoms with Gasteiger partial charge in [0, 0.05) is 5.92 Å². The first-order valence-corrected chi connectivity index (χ1v) is 7.40. The summed E-state index contributed by atoms with van der Waals surface area (Å²) in [6, 6.07) is 4.63. The van der Waals surface area contributed by atoms with Crippen LogP contribution in [0.5, 0.6) is 0 Å². The molecule has 1 heterocycles. The van der Waals surface area contributed by atoms with Gasteiger partial charge >= 0.3 is 7.12 Å². The Morgan fingerprint density at radius 3 is 2.24 bits per heavy atom. The van der Waals surface area contributed by atoms with Crippen molar-refractivity contribution in [2.24, 2.45) is 5.92 Å². The third-order valence-corrected chi connectivity index (χ3v) is 4.73. The van der Waals surface area contributed by atoms with Crippen LogP contribution in [0.4, 0.5) is 4.39 Å². The van der Waals surface area contributed by atoms with Gasteiger partial charge in [0.05, 0.1) is 16.8 Å². The van der Waals surface area contributed by atoms with Crippen LogP contribution in [0.25, 0.3) is 0 Å². The van der Waals surface area contributed by atoms with Gasteiger partial charge in [-0.3, -0.25) is 4.79 Å². The summed E-state index contributed by atoms with van der Waals surface area (Å²) in [5.74, 6) is -0.561. The smallest absolute Gasteiger partial charge is 0.399 e. The Hall–Kier alpha value is -1.20. The highest BCUT2D eigenvalue weighted by atomic mass is 19.1. The first kappa shape index (κ1) is 14.7. The summed E-state index contributed by atoms with van der Waals surface area (Å²) >= 11 is 0. The summed E-state index contributed by atoms with van der Waals surface area (Å²) in [7, 11) is -0.602. The fourth-order valence-electron chi connectivity index (χ4n) is 2.42. The van der Waals surface area contributed by atoms with Gasteiger partial charge in [-0.25, -0.2) is 4.39 Å². The molecule has 0 radical (unpaired) electrons. The molecule has 2 aliphatic rings. The number of rotatable bonds is 3. The summed E-state index contributed by atoms with van der Waals surface area (Å²) < 4.78 is 26.0. The molecule has 1 aromatic rings. The lowest BCUT2D eigenvalue weighted by atomic mass is 9.78. The zero-order valence-electron chi connectivity index (χ0n) is 12.9. The van der Waals surface area contributed by atoms with E-state index >= 15 is 0 Å². The second-order valence-corrected chi connectivity index (χ2v) is 6.97. The molecule has 5 heteroatoms. The van der Waals surface area contributed by atoms with E-state index in [-0.39, 0.29) is 17.3 Å². The van der Waals surface area contributed by atoms with Crippen LogP contribution < -0.4 is 5.46 Å². The maximum atomic E-state index is 14.2. The Morgan fingerprint density at radius 1 is 1.19 bits per heavy atom. The summed E-state index contributed by atoms with van der Waals surface area (Å²) in [5, 5.41) is 0. The zero-order valence-corrected chi connectivity index (χ0v) is 12.9. The van der Waals surface area contributed by atoms with Crippen molar-refractivity contribution in [3.63, 3.8) is 0 Å². The van der Waals surface area contributed by atoms with Gasteiger partial charge in [0.15, 0.2) is 5.78 Å². The van der Waals surface area contributed by atoms with Crippen LogP contribution in [0.1, 0.15) is 50.9 Å². The minimum atomic E-state index is -0.602. The Morgan fingerprint density at radius 2 is 1.76 bits per heavy atom. The average molecular weight is 290 g/mol. The summed E-state index contributed by atoms with van der Waals surface area (Å²) in [6.07, 6.45) is 1.74. The van der Waals surface area contributed by atoms with E-state index in [1.54, 1.807) is 12.1 Å². The molecule has 1 saturated heterocycles. The van der Waals surface area contributed by atoms with Crippen LogP contribution in [-0.2, 0) is 9.31 Å². The lowest BCUT2D eigenvalue weighted by molar-refractivity contribution is 0.00578. The Kier molecular flexibility index (Phi) is 3.26. The zero-order chi connectivity index (χ0) is 15.4. The van der Waals surface area contributed by atoms with E-state index in [2.05, 4.69) is 0 Å². The first-order chi connectivity index (χ1) is 9.71. The van der Waals surface area contributed by atoms with Gasteiger partial charge in [0.1, 0.15) is 5.82 Å². The topological polar surface area (TPSA) is 35.5 Å². The van der Waals surface area contributed by atoms with Crippen molar-refractivity contribution in [1.29, 1.82) is 0 Å². The standard InChI is InChI=1S/C16H20BFO3/c1-15(2)16(3,4)21-17(20-15)11-7-8-12(13(18)9-11)14(19)10-5-6-10/h7-10H,5-6H2,1-4H3. The van der Waals surface area contributed by atoms with Crippen molar-refractivity contribution in [3.05, 3.63) is 29.6 Å². The number of benzene rings is 1. The monoisotopic (exact) mass is 290 g/mol. The van der Waals surface area contributed by atoms with E-state index in [4.69, 9.17) is 9.31 Å². The quantitative estimate of drug-likeness (QED) is 0.634. The van der Waals surface area contributed by atoms with Crippen molar-refractivity contribution in [2.75, 3.05) is 0 Å². The molecule has 0 spiro atoms. The van der Waals surface area contributed by atoms with E-state index in [9.17, 15) is 9.18 Å². The van der Waals surface area contributed by atoms with Gasteiger partial charge in [-0.05, 0) is 58.1 Å². The second kappa shape index (κ2) is 4.65. The lowest BCUT2D eigenvalue weighted by Crippen LogP contribution is -2.41. The molecule has 1 saturated carbocycles. The Bertz CT molecular complexity index is 577. The number of halogens is 1. The molecule has 0 amide bonds. The summed E-state index contributed by atoms with van der Waals surface area (Å²) in [6.45, 7) is 7.81. The van der Waals surface area contributed by atoms with Crippen LogP contribution in [0.15, 0.2) is 18.2 Å². The second-order valence-electron chi connectivity index (χ2n) is 6.97. The maximum absolute atomic E-state index is 14.2. The molecule has 0 atom stereocenters. The Balaban J connectivity index is 1.85. The molecule has 1 aliphatic heterocycles. The van der Waals surface area contributed by atoms with Crippen molar-refractivity contribution in [3.8, 4) is 0 Å². The molecule has 3 nitrogen and oxygen atoms in total. The highest BCUT2D eigenvalue weighted by Crippen LogP contribution is 2.37. The Labute approximate surface area is 125 Å². The SMILES string of the molecule is CC1(C)OB(c2ccc(C(=O)C3CC3)c(F)c2)OC1(C)C. The van der Waals surface area contributed by atoms with Gasteiger partial charge in [0.25, 0.3) is 0 Å². The van der Waals surface area contributed by atoms with Crippen LogP contribution in [0, 0.1) is 11.7 Å². The summed E-state index contributed by atoms with van der Waals surface area (Å²) in [4.78, 5) is 12.0. The van der Waals surface area contributed by atoms with E-state index in [0.717, 1.165) is 12.8 Å². The van der Waals surface area contributed by atoms with Crippen molar-refractivity contribution in [1.82, 2.24) is 0 Å². The molecular weight excluding hydrogens is 270 g/mol. The minimum Gasteiger partial charge on any atom is -0.399 e. The van der Waals surface area contributed by atoms with E-state index in [1.807, 2.05) is 27.7 Å². The molecular formula is C16H20BFO3. The van der Waals surface area contributed by atoms with Crippen molar-refractivity contribution >= 4 is 18.4 Å². The van der Waals surface area contributed by atoms with Gasteiger partial charge in [0.2, 0.25) is 0 Å². The average Bonchev–Trinajstić information content (AvgIpc) is 3.17. The molecule has 0 bridgehead atoms. The van der Waals surface area contributed by atoms with Crippen molar-refractivity contribution < 1.29 is 18.5 Å². The predicted octanol–water partition coefficient (Wildman–Crippen LogP) is 2.72. The number of Topliss-reactive ketones (excluding diaryl/α,β-unsaturated/α-hetero) is 1. The van der Waals surface area contributed by atoms with Crippen LogP contribution in [0.2, 0.25) is 0 Å². The maximum Gasteiger partial charge on any atom is 0.494 e. The molecule has 0 aromatic heterocycles. The van der Waals surface area contributed by atoms with Crippen LogP contribution in [0.3, 0.4) is 0 Å². The van der Waals surface area contributed by atoms with Gasteiger partial charge in [-0.1, -0.05) is 6.07 Å². The highest BCUT2D eigenvalue weighted by Gasteiger charge is 2.51. The fraction of sp³-hybridized carbons (Fsp3) is 0.562. The van der Waals surface area contributed by atoms with Gasteiger partial charge < -0.3 is 9.31 Å². The van der Waals surface area contributed by atoms with Gasteiger partial charge in [-0.15, -0.1) is 0 Å². The molecule has 0 N–H and O–H groups in total. The van der Waals surface area contributed by atoms with E-state index in [0.29, 0.717) is 5.46 Å². The molecule has 21 heavy (non-hydrogen) atoms. The van der Waals surface area contributed by atoms with E-state index in [1.165, 1.54) is 6.07 Å². The number of ketones is 1. The first-order valence-electron chi connectivity index (χ1n) is 7.40. The minimum absolute atomic E-state index is 0.0159. The molecule has 112 valence electrons. The number of hydrogen-bond acceptors (Lipinski definition) is 3. The number of carbonyl (C=O) groups excluding carboxylic acids is 1. The third-order valence-electron chi connectivity index (χ3n) is 4.73. The third kappa shape index (κ3) is 2.53. The molecule has 0 unspecified atom stereocenters. The highest BCUT2D eigenvalue weighted by molar-refractivity contribution is 6.62. The largest absolute Gasteiger partial charge is 0.494 e. The number of hydrogen-bond donors (Lipinski definition) is 0. The van der Waals surface area contributed by atoms with Crippen LogP contribution >= 0.6 is 0 Å². The molecule has 1 aliphatic carbocycles. The molecule has 3 rings (SSSR count). The summed E-state index contributed by atoms with van der Waals surface area (Å²) in [5.41, 5.74) is -0.135. The van der Waals surface area contributed by atoms with E-state index < -0.39 is 24.1 Å². The number of carbonyl (C=O) groups is 1. The molecule has 2 fully saturated rings. The predicted molar refractivity (Wildman–Crippen MR) is 79.2 cm³/mol.